The van der Waals surface area contributed by atoms with Crippen LogP contribution < -0.4 is 5.73 Å². The molecule has 2 N–H and O–H groups in total. The highest BCUT2D eigenvalue weighted by molar-refractivity contribution is 5.74. The van der Waals surface area contributed by atoms with E-state index in [0.717, 1.165) is 16.8 Å². The molecule has 72 valence electrons. The Bertz CT molecular complexity index is 439. The minimum absolute atomic E-state index is 0.680. The van der Waals surface area contributed by atoms with Crippen LogP contribution in [0, 0.1) is 6.92 Å². The van der Waals surface area contributed by atoms with Crippen molar-refractivity contribution in [1.29, 1.82) is 0 Å². The van der Waals surface area contributed by atoms with Crippen LogP contribution in [0.15, 0.2) is 24.7 Å². The van der Waals surface area contributed by atoms with E-state index < -0.39 is 0 Å². The van der Waals surface area contributed by atoms with Gasteiger partial charge in [0.05, 0.1) is 23.8 Å². The molecule has 4 heteroatoms. The van der Waals surface area contributed by atoms with Crippen LogP contribution in [-0.4, -0.2) is 14.8 Å². The molecule has 2 rings (SSSR count). The molecule has 0 atom stereocenters. The third kappa shape index (κ3) is 1.25. The number of nitrogen functional groups attached to an aromatic ring is 1. The van der Waals surface area contributed by atoms with Gasteiger partial charge in [0.15, 0.2) is 0 Å². The van der Waals surface area contributed by atoms with E-state index in [4.69, 9.17) is 5.73 Å². The quantitative estimate of drug-likeness (QED) is 0.735. The Balaban J connectivity index is 2.66. The molecule has 4 nitrogen and oxygen atoms in total. The molecule has 0 saturated carbocycles. The molecule has 0 radical (unpaired) electrons. The van der Waals surface area contributed by atoms with Gasteiger partial charge in [0.2, 0.25) is 0 Å². The molecular weight excluding hydrogens is 176 g/mol. The summed E-state index contributed by atoms with van der Waals surface area (Å²) in [7, 11) is 1.90. The maximum Gasteiger partial charge on any atom is 0.0729 e. The van der Waals surface area contributed by atoms with E-state index in [-0.39, 0.29) is 0 Å². The summed E-state index contributed by atoms with van der Waals surface area (Å²) in [5, 5.41) is 4.17. The summed E-state index contributed by atoms with van der Waals surface area (Å²) in [6, 6.07) is 1.90. The summed E-state index contributed by atoms with van der Waals surface area (Å²) >= 11 is 0. The molecule has 0 spiro atoms. The van der Waals surface area contributed by atoms with Gasteiger partial charge in [0, 0.05) is 18.8 Å². The lowest BCUT2D eigenvalue weighted by molar-refractivity contribution is 0.775. The third-order valence-electron chi connectivity index (χ3n) is 2.23. The molecule has 0 fully saturated rings. The molecule has 0 aliphatic carbocycles. The van der Waals surface area contributed by atoms with Crippen LogP contribution in [0.5, 0.6) is 0 Å². The largest absolute Gasteiger partial charge is 0.397 e. The second kappa shape index (κ2) is 3.14. The number of hydrogen-bond acceptors (Lipinski definition) is 3. The topological polar surface area (TPSA) is 56.7 Å². The smallest absolute Gasteiger partial charge is 0.0729 e. The number of hydrogen-bond donors (Lipinski definition) is 1. The van der Waals surface area contributed by atoms with Crippen molar-refractivity contribution in [2.75, 3.05) is 5.73 Å². The zero-order valence-corrected chi connectivity index (χ0v) is 8.23. The Morgan fingerprint density at radius 2 is 2.14 bits per heavy atom. The van der Waals surface area contributed by atoms with E-state index in [1.54, 1.807) is 12.4 Å². The number of nitrogens with two attached hydrogens (primary N) is 1. The number of anilines is 1. The fourth-order valence-electron chi connectivity index (χ4n) is 1.56. The summed E-state index contributed by atoms with van der Waals surface area (Å²) < 4.78 is 1.82. The number of pyridine rings is 1. The first kappa shape index (κ1) is 8.74. The molecule has 2 heterocycles. The van der Waals surface area contributed by atoms with E-state index in [0.29, 0.717) is 5.69 Å². The normalized spacial score (nSPS) is 10.4. The summed E-state index contributed by atoms with van der Waals surface area (Å²) in [4.78, 5) is 3.96. The van der Waals surface area contributed by atoms with Crippen LogP contribution in [0.25, 0.3) is 11.3 Å². The van der Waals surface area contributed by atoms with E-state index in [1.165, 1.54) is 0 Å². The maximum absolute atomic E-state index is 5.85. The van der Waals surface area contributed by atoms with Crippen LogP contribution in [0.4, 0.5) is 5.69 Å². The van der Waals surface area contributed by atoms with Crippen molar-refractivity contribution in [2.24, 2.45) is 7.05 Å². The molecule has 0 bridgehead atoms. The van der Waals surface area contributed by atoms with Gasteiger partial charge in [-0.25, -0.2) is 0 Å². The highest BCUT2D eigenvalue weighted by Crippen LogP contribution is 2.26. The Kier molecular flexibility index (Phi) is 1.96. The predicted molar refractivity (Wildman–Crippen MR) is 55.6 cm³/mol. The third-order valence-corrected chi connectivity index (χ3v) is 2.23. The summed E-state index contributed by atoms with van der Waals surface area (Å²) in [5.74, 6) is 0. The number of aromatic nitrogens is 3. The Morgan fingerprint density at radius 1 is 1.36 bits per heavy atom. The number of rotatable bonds is 1. The van der Waals surface area contributed by atoms with Gasteiger partial charge in [0.1, 0.15) is 0 Å². The molecule has 0 saturated heterocycles. The van der Waals surface area contributed by atoms with Gasteiger partial charge in [-0.15, -0.1) is 0 Å². The molecule has 0 unspecified atom stereocenters. The van der Waals surface area contributed by atoms with Crippen molar-refractivity contribution >= 4 is 5.69 Å². The van der Waals surface area contributed by atoms with Gasteiger partial charge in [-0.05, 0) is 18.6 Å². The average molecular weight is 188 g/mol. The van der Waals surface area contributed by atoms with E-state index in [2.05, 4.69) is 10.1 Å². The first-order valence-corrected chi connectivity index (χ1v) is 4.38. The lowest BCUT2D eigenvalue weighted by Crippen LogP contribution is -1.98. The van der Waals surface area contributed by atoms with Crippen LogP contribution in [-0.2, 0) is 7.05 Å². The van der Waals surface area contributed by atoms with E-state index in [9.17, 15) is 0 Å². The summed E-state index contributed by atoms with van der Waals surface area (Å²) in [6.07, 6.45) is 5.22. The molecule has 0 aromatic carbocycles. The first-order chi connectivity index (χ1) is 6.70. The second-order valence-electron chi connectivity index (χ2n) is 3.26. The molecule has 2 aromatic rings. The number of aryl methyl sites for hydroxylation is 2. The van der Waals surface area contributed by atoms with Crippen molar-refractivity contribution in [3.63, 3.8) is 0 Å². The second-order valence-corrected chi connectivity index (χ2v) is 3.26. The van der Waals surface area contributed by atoms with Gasteiger partial charge in [-0.1, -0.05) is 0 Å². The van der Waals surface area contributed by atoms with Crippen molar-refractivity contribution in [3.05, 3.63) is 30.2 Å². The molecule has 0 amide bonds. The van der Waals surface area contributed by atoms with Crippen molar-refractivity contribution < 1.29 is 0 Å². The Hall–Kier alpha value is -1.84. The first-order valence-electron chi connectivity index (χ1n) is 4.38. The highest BCUT2D eigenvalue weighted by atomic mass is 15.3. The van der Waals surface area contributed by atoms with Crippen molar-refractivity contribution in [3.8, 4) is 11.3 Å². The van der Waals surface area contributed by atoms with Gasteiger partial charge in [-0.3, -0.25) is 9.67 Å². The molecule has 0 aliphatic rings. The molecule has 0 aliphatic heterocycles. The molecule has 14 heavy (non-hydrogen) atoms. The van der Waals surface area contributed by atoms with Crippen LogP contribution >= 0.6 is 0 Å². The molecular formula is C10H12N4. The minimum atomic E-state index is 0.680. The lowest BCUT2D eigenvalue weighted by Gasteiger charge is -2.06. The fourth-order valence-corrected chi connectivity index (χ4v) is 1.56. The van der Waals surface area contributed by atoms with Crippen LogP contribution in [0.3, 0.4) is 0 Å². The molecule has 2 aromatic heterocycles. The number of nitrogens with zero attached hydrogens (tertiary/aromatic N) is 3. The van der Waals surface area contributed by atoms with Gasteiger partial charge >= 0.3 is 0 Å². The maximum atomic E-state index is 5.85. The Morgan fingerprint density at radius 3 is 2.71 bits per heavy atom. The SMILES string of the molecule is Cc1cnn(C)c1-c1ccncc1N. The van der Waals surface area contributed by atoms with Gasteiger partial charge < -0.3 is 5.73 Å². The lowest BCUT2D eigenvalue weighted by atomic mass is 10.1. The monoisotopic (exact) mass is 188 g/mol. The van der Waals surface area contributed by atoms with Crippen molar-refractivity contribution in [1.82, 2.24) is 14.8 Å². The zero-order valence-electron chi connectivity index (χ0n) is 8.23. The average Bonchev–Trinajstić information content (AvgIpc) is 2.48. The fraction of sp³-hybridized carbons (Fsp3) is 0.200. The summed E-state index contributed by atoms with van der Waals surface area (Å²) in [6.45, 7) is 2.02. The standard InChI is InChI=1S/C10H12N4/c1-7-5-13-14(2)10(7)8-3-4-12-6-9(8)11/h3-6H,11H2,1-2H3. The predicted octanol–water partition coefficient (Wildman–Crippen LogP) is 1.37. The van der Waals surface area contributed by atoms with Crippen LogP contribution in [0.2, 0.25) is 0 Å². The summed E-state index contributed by atoms with van der Waals surface area (Å²) in [5.41, 5.74) is 9.67. The highest BCUT2D eigenvalue weighted by Gasteiger charge is 2.09. The van der Waals surface area contributed by atoms with E-state index >= 15 is 0 Å². The van der Waals surface area contributed by atoms with Crippen molar-refractivity contribution in [2.45, 2.75) is 6.92 Å². The van der Waals surface area contributed by atoms with E-state index in [1.807, 2.05) is 30.9 Å². The van der Waals surface area contributed by atoms with Crippen LogP contribution in [0.1, 0.15) is 5.56 Å². The van der Waals surface area contributed by atoms with Gasteiger partial charge in [-0.2, -0.15) is 5.10 Å². The Labute approximate surface area is 82.4 Å². The minimum Gasteiger partial charge on any atom is -0.397 e. The zero-order chi connectivity index (χ0) is 10.1. The van der Waals surface area contributed by atoms with Gasteiger partial charge in [0.25, 0.3) is 0 Å².